The van der Waals surface area contributed by atoms with Gasteiger partial charge in [0.1, 0.15) is 0 Å². The quantitative estimate of drug-likeness (QED) is 0.674. The molecule has 1 aromatic heterocycles. The highest BCUT2D eigenvalue weighted by atomic mass is 19.4. The standard InChI is InChI=1S/C12H12F5N3O3/c1-3-11(13,14)7-5-19-9(4-8(7)18)20(6(2)21)23-10(22)12(15,16)17/h4-5H,3H2,1-2H3,(H2,18,19). The van der Waals surface area contributed by atoms with Gasteiger partial charge >= 0.3 is 12.1 Å². The lowest BCUT2D eigenvalue weighted by atomic mass is 10.1. The summed E-state index contributed by atoms with van der Waals surface area (Å²) in [6.07, 6.45) is -5.34. The molecule has 0 saturated heterocycles. The van der Waals surface area contributed by atoms with E-state index in [1.807, 2.05) is 0 Å². The first kappa shape index (κ1) is 18.6. The van der Waals surface area contributed by atoms with Crippen molar-refractivity contribution in [1.29, 1.82) is 0 Å². The third-order valence-electron chi connectivity index (χ3n) is 2.66. The lowest BCUT2D eigenvalue weighted by Gasteiger charge is -2.21. The van der Waals surface area contributed by atoms with Crippen LogP contribution >= 0.6 is 0 Å². The van der Waals surface area contributed by atoms with E-state index in [1.165, 1.54) is 6.92 Å². The fourth-order valence-electron chi connectivity index (χ4n) is 1.47. The minimum atomic E-state index is -5.35. The van der Waals surface area contributed by atoms with Crippen molar-refractivity contribution >= 4 is 23.4 Å². The minimum absolute atomic E-state index is 0.0833. The van der Waals surface area contributed by atoms with E-state index in [1.54, 1.807) is 0 Å². The van der Waals surface area contributed by atoms with Gasteiger partial charge in [0, 0.05) is 31.3 Å². The number of rotatable bonds is 3. The Hall–Kier alpha value is -2.46. The zero-order valence-corrected chi connectivity index (χ0v) is 11.9. The molecule has 11 heteroatoms. The minimum Gasteiger partial charge on any atom is -0.398 e. The number of amides is 1. The summed E-state index contributed by atoms with van der Waals surface area (Å²) >= 11 is 0. The Labute approximate surface area is 127 Å². The number of pyridine rings is 1. The highest BCUT2D eigenvalue weighted by Gasteiger charge is 2.43. The number of nitrogens with two attached hydrogens (primary N) is 1. The molecule has 0 saturated carbocycles. The summed E-state index contributed by atoms with van der Waals surface area (Å²) < 4.78 is 63.7. The number of hydroxylamine groups is 1. The van der Waals surface area contributed by atoms with Crippen molar-refractivity contribution < 1.29 is 36.4 Å². The lowest BCUT2D eigenvalue weighted by Crippen LogP contribution is -2.38. The van der Waals surface area contributed by atoms with Gasteiger partial charge in [-0.05, 0) is 0 Å². The van der Waals surface area contributed by atoms with Gasteiger partial charge in [0.25, 0.3) is 11.8 Å². The van der Waals surface area contributed by atoms with Crippen molar-refractivity contribution in [2.24, 2.45) is 0 Å². The average molecular weight is 341 g/mol. The molecule has 0 aliphatic rings. The molecule has 1 heterocycles. The fraction of sp³-hybridized carbons (Fsp3) is 0.417. The highest BCUT2D eigenvalue weighted by molar-refractivity contribution is 5.91. The predicted molar refractivity (Wildman–Crippen MR) is 68.1 cm³/mol. The number of hydrogen-bond acceptors (Lipinski definition) is 5. The molecule has 0 spiro atoms. The van der Waals surface area contributed by atoms with Crippen LogP contribution in [0.2, 0.25) is 0 Å². The number of carbonyl (C=O) groups excluding carboxylic acids is 2. The van der Waals surface area contributed by atoms with Crippen LogP contribution in [0.4, 0.5) is 33.5 Å². The third-order valence-corrected chi connectivity index (χ3v) is 2.66. The molecule has 1 amide bonds. The summed E-state index contributed by atoms with van der Waals surface area (Å²) in [7, 11) is 0. The Morgan fingerprint density at radius 2 is 1.87 bits per heavy atom. The van der Waals surface area contributed by atoms with Gasteiger partial charge in [-0.25, -0.2) is 18.6 Å². The number of hydrogen-bond donors (Lipinski definition) is 1. The van der Waals surface area contributed by atoms with Gasteiger partial charge in [0.15, 0.2) is 5.82 Å². The Bertz CT molecular complexity index is 618. The second-order valence-corrected chi connectivity index (χ2v) is 4.38. The van der Waals surface area contributed by atoms with E-state index in [0.717, 1.165) is 6.92 Å². The summed E-state index contributed by atoms with van der Waals surface area (Å²) in [6, 6.07) is 0.712. The van der Waals surface area contributed by atoms with Gasteiger partial charge in [-0.15, -0.1) is 5.06 Å². The van der Waals surface area contributed by atoms with Crippen LogP contribution in [0.3, 0.4) is 0 Å². The molecule has 0 bridgehead atoms. The largest absolute Gasteiger partial charge is 0.493 e. The zero-order chi connectivity index (χ0) is 18.0. The molecular formula is C12H12F5N3O3. The van der Waals surface area contributed by atoms with Gasteiger partial charge in [-0.3, -0.25) is 4.79 Å². The summed E-state index contributed by atoms with van der Waals surface area (Å²) in [4.78, 5) is 29.4. The maximum atomic E-state index is 13.6. The number of alkyl halides is 5. The molecule has 0 unspecified atom stereocenters. The van der Waals surface area contributed by atoms with E-state index < -0.39 is 47.5 Å². The van der Waals surface area contributed by atoms with E-state index in [4.69, 9.17) is 5.73 Å². The predicted octanol–water partition coefficient (Wildman–Crippen LogP) is 2.54. The Morgan fingerprint density at radius 3 is 2.26 bits per heavy atom. The summed E-state index contributed by atoms with van der Waals surface area (Å²) in [6.45, 7) is 1.98. The number of nitrogens with zero attached hydrogens (tertiary/aromatic N) is 2. The first-order valence-corrected chi connectivity index (χ1v) is 6.13. The maximum absolute atomic E-state index is 13.6. The second kappa shape index (κ2) is 6.34. The van der Waals surface area contributed by atoms with Crippen molar-refractivity contribution in [2.75, 3.05) is 10.8 Å². The molecule has 0 aliphatic carbocycles. The first-order valence-electron chi connectivity index (χ1n) is 6.13. The Morgan fingerprint density at radius 1 is 1.30 bits per heavy atom. The molecule has 0 aromatic carbocycles. The van der Waals surface area contributed by atoms with Gasteiger partial charge in [-0.1, -0.05) is 6.92 Å². The molecule has 0 aliphatic heterocycles. The molecular weight excluding hydrogens is 329 g/mol. The lowest BCUT2D eigenvalue weighted by molar-refractivity contribution is -0.201. The normalized spacial score (nSPS) is 12.0. The van der Waals surface area contributed by atoms with Gasteiger partial charge in [-0.2, -0.15) is 13.2 Å². The second-order valence-electron chi connectivity index (χ2n) is 4.38. The number of anilines is 2. The van der Waals surface area contributed by atoms with Crippen molar-refractivity contribution in [3.63, 3.8) is 0 Å². The van der Waals surface area contributed by atoms with Crippen LogP contribution in [-0.2, 0) is 20.3 Å². The van der Waals surface area contributed by atoms with E-state index in [-0.39, 0.29) is 5.06 Å². The maximum Gasteiger partial charge on any atom is 0.493 e. The Balaban J connectivity index is 3.18. The summed E-state index contributed by atoms with van der Waals surface area (Å²) in [5, 5.41) is -0.0833. The van der Waals surface area contributed by atoms with Crippen molar-refractivity contribution in [3.05, 3.63) is 17.8 Å². The van der Waals surface area contributed by atoms with Crippen LogP contribution in [0.1, 0.15) is 25.8 Å². The summed E-state index contributed by atoms with van der Waals surface area (Å²) in [5.74, 6) is -7.75. The molecule has 1 aromatic rings. The average Bonchev–Trinajstić information content (AvgIpc) is 2.42. The van der Waals surface area contributed by atoms with Crippen LogP contribution in [0.25, 0.3) is 0 Å². The zero-order valence-electron chi connectivity index (χ0n) is 11.9. The van der Waals surface area contributed by atoms with Crippen LogP contribution < -0.4 is 10.8 Å². The van der Waals surface area contributed by atoms with Gasteiger partial charge in [0.2, 0.25) is 0 Å². The molecule has 6 nitrogen and oxygen atoms in total. The van der Waals surface area contributed by atoms with E-state index in [0.29, 0.717) is 12.3 Å². The smallest absolute Gasteiger partial charge is 0.398 e. The molecule has 128 valence electrons. The molecule has 0 fully saturated rings. The van der Waals surface area contributed by atoms with Crippen LogP contribution in [-0.4, -0.2) is 23.0 Å². The summed E-state index contributed by atoms with van der Waals surface area (Å²) in [5.41, 5.74) is 4.24. The van der Waals surface area contributed by atoms with Crippen molar-refractivity contribution in [3.8, 4) is 0 Å². The molecule has 23 heavy (non-hydrogen) atoms. The fourth-order valence-corrected chi connectivity index (χ4v) is 1.47. The van der Waals surface area contributed by atoms with E-state index >= 15 is 0 Å². The van der Waals surface area contributed by atoms with E-state index in [9.17, 15) is 31.5 Å². The molecule has 0 atom stereocenters. The van der Waals surface area contributed by atoms with Gasteiger partial charge < -0.3 is 10.6 Å². The van der Waals surface area contributed by atoms with Crippen LogP contribution in [0, 0.1) is 0 Å². The van der Waals surface area contributed by atoms with Gasteiger partial charge in [0.05, 0.1) is 5.56 Å². The first-order chi connectivity index (χ1) is 10.4. The van der Waals surface area contributed by atoms with E-state index in [2.05, 4.69) is 9.82 Å². The number of aromatic nitrogens is 1. The number of halogens is 5. The third kappa shape index (κ3) is 4.27. The molecule has 2 N–H and O–H groups in total. The van der Waals surface area contributed by atoms with Crippen LogP contribution in [0.5, 0.6) is 0 Å². The highest BCUT2D eigenvalue weighted by Crippen LogP contribution is 2.36. The number of nitrogen functional groups attached to an aromatic ring is 1. The van der Waals surface area contributed by atoms with Crippen LogP contribution in [0.15, 0.2) is 12.3 Å². The number of carbonyl (C=O) groups is 2. The Kier molecular flexibility index (Phi) is 5.13. The molecule has 0 radical (unpaired) electrons. The van der Waals surface area contributed by atoms with Crippen molar-refractivity contribution in [1.82, 2.24) is 4.98 Å². The van der Waals surface area contributed by atoms with Crippen molar-refractivity contribution in [2.45, 2.75) is 32.4 Å². The molecule has 1 rings (SSSR count). The SMILES string of the molecule is CCC(F)(F)c1cnc(N(OC(=O)C(F)(F)F)C(C)=O)cc1N. The monoisotopic (exact) mass is 341 g/mol. The topological polar surface area (TPSA) is 85.5 Å².